The van der Waals surface area contributed by atoms with Gasteiger partial charge in [0.15, 0.2) is 5.03 Å². The van der Waals surface area contributed by atoms with Crippen molar-refractivity contribution in [3.63, 3.8) is 0 Å². The Bertz CT molecular complexity index is 895. The first kappa shape index (κ1) is 18.9. The van der Waals surface area contributed by atoms with Crippen molar-refractivity contribution in [1.29, 1.82) is 0 Å². The highest BCUT2D eigenvalue weighted by atomic mass is 127. The lowest BCUT2D eigenvalue weighted by Gasteiger charge is -2.24. The summed E-state index contributed by atoms with van der Waals surface area (Å²) in [7, 11) is -3.94. The molecule has 1 aromatic carbocycles. The Hall–Kier alpha value is -0.840. The Morgan fingerprint density at radius 1 is 1.52 bits per heavy atom. The molecule has 9 heteroatoms. The van der Waals surface area contributed by atoms with Crippen molar-refractivity contribution in [1.82, 2.24) is 4.90 Å². The summed E-state index contributed by atoms with van der Waals surface area (Å²) in [6.07, 6.45) is 2.57. The Labute approximate surface area is 170 Å². The highest BCUT2D eigenvalue weighted by Gasteiger charge is 2.32. The second kappa shape index (κ2) is 7.05. The van der Waals surface area contributed by atoms with Crippen LogP contribution in [0, 0.1) is 5.92 Å². The second-order valence-corrected chi connectivity index (χ2v) is 10.9. The van der Waals surface area contributed by atoms with E-state index in [1.807, 2.05) is 12.1 Å². The van der Waals surface area contributed by atoms with Crippen LogP contribution in [0.25, 0.3) is 5.57 Å². The third-order valence-electron chi connectivity index (χ3n) is 4.15. The van der Waals surface area contributed by atoms with Crippen LogP contribution < -0.4 is 10.5 Å². The SMILES string of the molecule is C=C1c2cc(NS(=O)(=O)/C(=C(/N)Cl)N3C=CSC3I)ccc2CC1C. The number of nitrogens with one attached hydrogen (secondary N) is 1. The number of nitrogens with two attached hydrogens (primary N) is 1. The fraction of sp³-hybridized carbons (Fsp3) is 0.250. The lowest BCUT2D eigenvalue weighted by atomic mass is 10.0. The first-order valence-corrected chi connectivity index (χ1v) is 11.5. The molecule has 5 nitrogen and oxygen atoms in total. The average Bonchev–Trinajstić information content (AvgIpc) is 3.04. The molecular formula is C16H17ClIN3O2S2. The van der Waals surface area contributed by atoms with Gasteiger partial charge in [-0.3, -0.25) is 4.72 Å². The average molecular weight is 510 g/mol. The van der Waals surface area contributed by atoms with E-state index >= 15 is 0 Å². The normalized spacial score (nSPS) is 23.6. The van der Waals surface area contributed by atoms with Gasteiger partial charge >= 0.3 is 0 Å². The van der Waals surface area contributed by atoms with Crippen molar-refractivity contribution in [3.05, 3.63) is 57.7 Å². The maximum absolute atomic E-state index is 12.9. The third kappa shape index (κ3) is 3.67. The zero-order chi connectivity index (χ0) is 18.4. The summed E-state index contributed by atoms with van der Waals surface area (Å²) in [5.74, 6) is 0.363. The molecule has 0 amide bonds. The van der Waals surface area contributed by atoms with Gasteiger partial charge < -0.3 is 10.6 Å². The molecule has 0 bridgehead atoms. The van der Waals surface area contributed by atoms with E-state index in [4.69, 9.17) is 17.3 Å². The minimum Gasteiger partial charge on any atom is -0.387 e. The van der Waals surface area contributed by atoms with Crippen molar-refractivity contribution in [2.75, 3.05) is 4.72 Å². The highest BCUT2D eigenvalue weighted by Crippen LogP contribution is 2.39. The van der Waals surface area contributed by atoms with Gasteiger partial charge in [-0.05, 0) is 69.2 Å². The zero-order valence-electron chi connectivity index (χ0n) is 13.4. The van der Waals surface area contributed by atoms with Crippen LogP contribution in [0.1, 0.15) is 18.1 Å². The number of allylic oxidation sites excluding steroid dienone is 1. The van der Waals surface area contributed by atoms with Crippen LogP contribution >= 0.6 is 46.0 Å². The number of nitrogens with zero attached hydrogens (tertiary/aromatic N) is 1. The van der Waals surface area contributed by atoms with Gasteiger partial charge in [0.05, 0.1) is 0 Å². The number of sulfonamides is 1. The summed E-state index contributed by atoms with van der Waals surface area (Å²) in [6, 6.07) is 5.50. The molecule has 3 N–H and O–H groups in total. The maximum Gasteiger partial charge on any atom is 0.280 e. The van der Waals surface area contributed by atoms with Crippen molar-refractivity contribution in [3.8, 4) is 0 Å². The number of alkyl halides is 1. The van der Waals surface area contributed by atoms with E-state index in [1.165, 1.54) is 22.2 Å². The second-order valence-electron chi connectivity index (χ2n) is 5.88. The molecule has 1 aliphatic carbocycles. The minimum atomic E-state index is -3.94. The lowest BCUT2D eigenvalue weighted by Crippen LogP contribution is -2.30. The van der Waals surface area contributed by atoms with Crippen molar-refractivity contribution >= 4 is 67.2 Å². The van der Waals surface area contributed by atoms with E-state index in [-0.39, 0.29) is 13.6 Å². The van der Waals surface area contributed by atoms with Crippen LogP contribution in [0.4, 0.5) is 5.69 Å². The molecule has 0 aromatic heterocycles. The molecule has 0 spiro atoms. The summed E-state index contributed by atoms with van der Waals surface area (Å²) in [5.41, 5.74) is 9.34. The lowest BCUT2D eigenvalue weighted by molar-refractivity contribution is 0.544. The molecule has 3 rings (SSSR count). The van der Waals surface area contributed by atoms with Crippen LogP contribution in [0.3, 0.4) is 0 Å². The molecule has 2 unspecified atom stereocenters. The number of benzene rings is 1. The van der Waals surface area contributed by atoms with Gasteiger partial charge in [0, 0.05) is 11.9 Å². The van der Waals surface area contributed by atoms with Crippen molar-refractivity contribution in [2.45, 2.75) is 16.7 Å². The number of fused-ring (bicyclic) bond motifs is 1. The molecule has 134 valence electrons. The highest BCUT2D eigenvalue weighted by molar-refractivity contribution is 14.1. The van der Waals surface area contributed by atoms with Gasteiger partial charge in [0.2, 0.25) is 0 Å². The predicted molar refractivity (Wildman–Crippen MR) is 114 cm³/mol. The minimum absolute atomic E-state index is 0.137. The molecule has 0 saturated carbocycles. The molecule has 0 saturated heterocycles. The molecule has 0 radical (unpaired) electrons. The van der Waals surface area contributed by atoms with Crippen molar-refractivity contribution < 1.29 is 8.42 Å². The quantitative estimate of drug-likeness (QED) is 0.362. The van der Waals surface area contributed by atoms with E-state index in [0.29, 0.717) is 11.6 Å². The Kier molecular flexibility index (Phi) is 5.34. The molecule has 1 aromatic rings. The van der Waals surface area contributed by atoms with Crippen LogP contribution in [0.15, 0.2) is 46.6 Å². The van der Waals surface area contributed by atoms with Gasteiger partial charge in [-0.25, -0.2) is 0 Å². The predicted octanol–water partition coefficient (Wildman–Crippen LogP) is 4.20. The monoisotopic (exact) mass is 509 g/mol. The van der Waals surface area contributed by atoms with E-state index in [1.54, 1.807) is 17.7 Å². The summed E-state index contributed by atoms with van der Waals surface area (Å²) in [6.45, 7) is 6.21. The zero-order valence-corrected chi connectivity index (χ0v) is 17.9. The third-order valence-corrected chi connectivity index (χ3v) is 8.10. The Morgan fingerprint density at radius 3 is 2.84 bits per heavy atom. The topological polar surface area (TPSA) is 75.4 Å². The van der Waals surface area contributed by atoms with E-state index in [2.05, 4.69) is 40.8 Å². The smallest absolute Gasteiger partial charge is 0.280 e. The van der Waals surface area contributed by atoms with E-state index in [0.717, 1.165) is 17.6 Å². The molecule has 2 aliphatic rings. The first-order valence-electron chi connectivity index (χ1n) is 7.45. The van der Waals surface area contributed by atoms with E-state index in [9.17, 15) is 8.42 Å². The summed E-state index contributed by atoms with van der Waals surface area (Å²) in [4.78, 5) is 1.53. The Morgan fingerprint density at radius 2 is 2.24 bits per heavy atom. The van der Waals surface area contributed by atoms with Crippen LogP contribution in [0.2, 0.25) is 0 Å². The Balaban J connectivity index is 1.93. The van der Waals surface area contributed by atoms with Gasteiger partial charge in [0.1, 0.15) is 8.54 Å². The number of thioether (sulfide) groups is 1. The molecular weight excluding hydrogens is 493 g/mol. The number of hydrogen-bond donors (Lipinski definition) is 2. The molecule has 1 aliphatic heterocycles. The summed E-state index contributed by atoms with van der Waals surface area (Å²) in [5, 5.41) is 1.37. The molecule has 1 heterocycles. The standard InChI is InChI=1S/C16H17ClIN3O2S2/c1-9-7-11-3-4-12(8-13(11)10(9)2)20-25(22,23)15(14(17)19)21-5-6-24-16(21)18/h3-6,8-9,16,20H,2,7,19H2,1H3/b15-14+. The fourth-order valence-corrected chi connectivity index (χ4v) is 6.39. The largest absolute Gasteiger partial charge is 0.387 e. The van der Waals surface area contributed by atoms with Gasteiger partial charge in [-0.15, -0.1) is 0 Å². The van der Waals surface area contributed by atoms with Gasteiger partial charge in [-0.1, -0.05) is 42.9 Å². The molecule has 2 atom stereocenters. The first-order chi connectivity index (χ1) is 11.7. The van der Waals surface area contributed by atoms with Crippen LogP contribution in [-0.2, 0) is 16.4 Å². The van der Waals surface area contributed by atoms with E-state index < -0.39 is 10.0 Å². The number of anilines is 1. The number of rotatable bonds is 4. The number of hydrogen-bond acceptors (Lipinski definition) is 5. The fourth-order valence-electron chi connectivity index (χ4n) is 2.89. The van der Waals surface area contributed by atoms with Crippen LogP contribution in [-0.4, -0.2) is 16.7 Å². The molecule has 0 fully saturated rings. The van der Waals surface area contributed by atoms with Crippen LogP contribution in [0.5, 0.6) is 0 Å². The molecule has 25 heavy (non-hydrogen) atoms. The summed E-state index contributed by atoms with van der Waals surface area (Å²) < 4.78 is 28.2. The summed E-state index contributed by atoms with van der Waals surface area (Å²) >= 11 is 9.50. The van der Waals surface area contributed by atoms with Gasteiger partial charge in [0.25, 0.3) is 10.0 Å². The maximum atomic E-state index is 12.9. The van der Waals surface area contributed by atoms with Gasteiger partial charge in [-0.2, -0.15) is 8.42 Å². The van der Waals surface area contributed by atoms with Crippen molar-refractivity contribution in [2.24, 2.45) is 11.7 Å². The number of halogens is 2.